The minimum absolute atomic E-state index is 0.201. The van der Waals surface area contributed by atoms with Crippen LogP contribution in [0.15, 0.2) is 48.7 Å². The first-order valence-corrected chi connectivity index (χ1v) is 7.99. The van der Waals surface area contributed by atoms with Crippen molar-refractivity contribution < 1.29 is 13.2 Å². The summed E-state index contributed by atoms with van der Waals surface area (Å²) in [6.07, 6.45) is -3.43. The number of hydrogen-bond donors (Lipinski definition) is 0. The molecule has 1 aliphatic rings. The zero-order chi connectivity index (χ0) is 17.2. The predicted molar refractivity (Wildman–Crippen MR) is 87.8 cm³/mol. The van der Waals surface area contributed by atoms with E-state index in [4.69, 9.17) is 0 Å². The molecule has 128 valence electrons. The smallest absolute Gasteiger partial charge is 0.351 e. The van der Waals surface area contributed by atoms with E-state index in [0.29, 0.717) is 5.82 Å². The maximum atomic E-state index is 12.6. The third-order valence-electron chi connectivity index (χ3n) is 4.33. The molecule has 2 heterocycles. The maximum Gasteiger partial charge on any atom is 0.417 e. The van der Waals surface area contributed by atoms with Crippen molar-refractivity contribution in [1.82, 2.24) is 9.88 Å². The molecule has 0 radical (unpaired) electrons. The van der Waals surface area contributed by atoms with Crippen molar-refractivity contribution in [1.29, 1.82) is 0 Å². The number of alkyl halides is 3. The number of hydrogen-bond acceptors (Lipinski definition) is 3. The Morgan fingerprint density at radius 1 is 1.08 bits per heavy atom. The van der Waals surface area contributed by atoms with Gasteiger partial charge in [-0.25, -0.2) is 4.98 Å². The normalized spacial score (nSPS) is 19.5. The van der Waals surface area contributed by atoms with E-state index in [0.717, 1.165) is 38.4 Å². The summed E-state index contributed by atoms with van der Waals surface area (Å²) < 4.78 is 37.9. The van der Waals surface area contributed by atoms with Crippen LogP contribution in [0.1, 0.15) is 18.1 Å². The molecule has 0 amide bonds. The molecular weight excluding hydrogens is 315 g/mol. The Hall–Kier alpha value is -2.08. The van der Waals surface area contributed by atoms with Gasteiger partial charge in [0.2, 0.25) is 0 Å². The highest BCUT2D eigenvalue weighted by atomic mass is 19.4. The van der Waals surface area contributed by atoms with Gasteiger partial charge in [-0.1, -0.05) is 30.3 Å². The molecule has 1 fully saturated rings. The van der Waals surface area contributed by atoms with E-state index in [1.807, 2.05) is 18.2 Å². The highest BCUT2D eigenvalue weighted by Gasteiger charge is 2.31. The van der Waals surface area contributed by atoms with E-state index in [1.165, 1.54) is 11.6 Å². The predicted octanol–water partition coefficient (Wildman–Crippen LogP) is 3.81. The van der Waals surface area contributed by atoms with Gasteiger partial charge in [0.05, 0.1) is 5.56 Å². The van der Waals surface area contributed by atoms with Gasteiger partial charge in [-0.05, 0) is 24.6 Å². The Labute approximate surface area is 139 Å². The molecule has 0 saturated carbocycles. The van der Waals surface area contributed by atoms with Crippen molar-refractivity contribution in [3.05, 3.63) is 59.8 Å². The first kappa shape index (κ1) is 16.8. The largest absolute Gasteiger partial charge is 0.417 e. The molecule has 1 unspecified atom stereocenters. The highest BCUT2D eigenvalue weighted by molar-refractivity contribution is 5.41. The van der Waals surface area contributed by atoms with Gasteiger partial charge in [-0.2, -0.15) is 13.2 Å². The summed E-state index contributed by atoms with van der Waals surface area (Å²) in [5.74, 6) is 0.606. The van der Waals surface area contributed by atoms with Gasteiger partial charge < -0.3 is 4.90 Å². The summed E-state index contributed by atoms with van der Waals surface area (Å²) in [7, 11) is 0. The number of pyridine rings is 1. The number of piperazine rings is 1. The van der Waals surface area contributed by atoms with Crippen LogP contribution in [0.4, 0.5) is 19.0 Å². The number of rotatable bonds is 3. The van der Waals surface area contributed by atoms with Gasteiger partial charge in [0.1, 0.15) is 5.82 Å². The molecule has 6 heteroatoms. The number of halogens is 3. The van der Waals surface area contributed by atoms with Crippen molar-refractivity contribution in [2.45, 2.75) is 25.7 Å². The molecule has 1 aromatic carbocycles. The average Bonchev–Trinajstić information content (AvgIpc) is 2.55. The first-order chi connectivity index (χ1) is 11.4. The van der Waals surface area contributed by atoms with Gasteiger partial charge in [-0.15, -0.1) is 0 Å². The summed E-state index contributed by atoms with van der Waals surface area (Å²) >= 11 is 0. The number of anilines is 1. The molecule has 3 nitrogen and oxygen atoms in total. The van der Waals surface area contributed by atoms with Crippen LogP contribution in [-0.4, -0.2) is 35.6 Å². The van der Waals surface area contributed by atoms with Crippen LogP contribution in [-0.2, 0) is 12.7 Å². The van der Waals surface area contributed by atoms with Crippen LogP contribution in [0, 0.1) is 0 Å². The zero-order valence-corrected chi connectivity index (χ0v) is 13.5. The summed E-state index contributed by atoms with van der Waals surface area (Å²) in [6, 6.07) is 13.0. The van der Waals surface area contributed by atoms with Gasteiger partial charge >= 0.3 is 6.18 Å². The minimum Gasteiger partial charge on any atom is -0.351 e. The molecule has 0 N–H and O–H groups in total. The van der Waals surface area contributed by atoms with Crippen molar-refractivity contribution in [3.8, 4) is 0 Å². The van der Waals surface area contributed by atoms with Crippen LogP contribution in [0.5, 0.6) is 0 Å². The van der Waals surface area contributed by atoms with E-state index < -0.39 is 11.7 Å². The third-order valence-corrected chi connectivity index (χ3v) is 4.33. The summed E-state index contributed by atoms with van der Waals surface area (Å²) in [5, 5.41) is 0. The monoisotopic (exact) mass is 335 g/mol. The second kappa shape index (κ2) is 6.81. The van der Waals surface area contributed by atoms with Gasteiger partial charge in [0, 0.05) is 38.4 Å². The standard InChI is InChI=1S/C18H20F3N3/c1-14-12-23(13-15-5-3-2-4-6-15)9-10-24(14)17-8-7-16(11-22-17)18(19,20)21/h2-8,11,14H,9-10,12-13H2,1H3. The van der Waals surface area contributed by atoms with E-state index in [9.17, 15) is 13.2 Å². The summed E-state index contributed by atoms with van der Waals surface area (Å²) in [6.45, 7) is 5.45. The molecular formula is C18H20F3N3. The van der Waals surface area contributed by atoms with Crippen molar-refractivity contribution in [3.63, 3.8) is 0 Å². The van der Waals surface area contributed by atoms with Crippen LogP contribution >= 0.6 is 0 Å². The molecule has 0 bridgehead atoms. The number of aromatic nitrogens is 1. The lowest BCUT2D eigenvalue weighted by atomic mass is 10.1. The fourth-order valence-corrected chi connectivity index (χ4v) is 3.08. The lowest BCUT2D eigenvalue weighted by Crippen LogP contribution is -2.51. The third kappa shape index (κ3) is 3.87. The molecule has 1 saturated heterocycles. The first-order valence-electron chi connectivity index (χ1n) is 7.99. The van der Waals surface area contributed by atoms with Crippen molar-refractivity contribution >= 4 is 5.82 Å². The van der Waals surface area contributed by atoms with Crippen LogP contribution in [0.25, 0.3) is 0 Å². The Morgan fingerprint density at radius 3 is 2.42 bits per heavy atom. The molecule has 0 aliphatic carbocycles. The number of benzene rings is 1. The average molecular weight is 335 g/mol. The fraction of sp³-hybridized carbons (Fsp3) is 0.389. The Morgan fingerprint density at radius 2 is 1.83 bits per heavy atom. The lowest BCUT2D eigenvalue weighted by Gasteiger charge is -2.40. The second-order valence-corrected chi connectivity index (χ2v) is 6.17. The van der Waals surface area contributed by atoms with Gasteiger partial charge in [0.15, 0.2) is 0 Å². The Kier molecular flexibility index (Phi) is 4.76. The Balaban J connectivity index is 1.63. The van der Waals surface area contributed by atoms with Gasteiger partial charge in [0.25, 0.3) is 0 Å². The molecule has 1 aromatic heterocycles. The van der Waals surface area contributed by atoms with Crippen LogP contribution < -0.4 is 4.90 Å². The lowest BCUT2D eigenvalue weighted by molar-refractivity contribution is -0.137. The van der Waals surface area contributed by atoms with Gasteiger partial charge in [-0.3, -0.25) is 4.90 Å². The molecule has 1 aliphatic heterocycles. The maximum absolute atomic E-state index is 12.6. The van der Waals surface area contributed by atoms with E-state index in [-0.39, 0.29) is 6.04 Å². The van der Waals surface area contributed by atoms with E-state index >= 15 is 0 Å². The molecule has 24 heavy (non-hydrogen) atoms. The molecule has 2 aromatic rings. The molecule has 1 atom stereocenters. The SMILES string of the molecule is CC1CN(Cc2ccccc2)CCN1c1ccc(C(F)(F)F)cn1. The molecule has 3 rings (SSSR count). The van der Waals surface area contributed by atoms with Crippen LogP contribution in [0.3, 0.4) is 0 Å². The quantitative estimate of drug-likeness (QED) is 0.850. The molecule has 0 spiro atoms. The van der Waals surface area contributed by atoms with Crippen molar-refractivity contribution in [2.24, 2.45) is 0 Å². The zero-order valence-electron chi connectivity index (χ0n) is 13.5. The summed E-state index contributed by atoms with van der Waals surface area (Å²) in [4.78, 5) is 8.45. The topological polar surface area (TPSA) is 19.4 Å². The highest BCUT2D eigenvalue weighted by Crippen LogP contribution is 2.30. The second-order valence-electron chi connectivity index (χ2n) is 6.17. The van der Waals surface area contributed by atoms with E-state index in [2.05, 4.69) is 33.8 Å². The number of nitrogens with zero attached hydrogens (tertiary/aromatic N) is 3. The Bertz CT molecular complexity index is 655. The fourth-order valence-electron chi connectivity index (χ4n) is 3.08. The minimum atomic E-state index is -4.34. The summed E-state index contributed by atoms with van der Waals surface area (Å²) in [5.41, 5.74) is 0.562. The van der Waals surface area contributed by atoms with Crippen molar-refractivity contribution in [2.75, 3.05) is 24.5 Å². The van der Waals surface area contributed by atoms with Crippen LogP contribution in [0.2, 0.25) is 0 Å². The van der Waals surface area contributed by atoms with E-state index in [1.54, 1.807) is 0 Å².